The quantitative estimate of drug-likeness (QED) is 0.473. The average Bonchev–Trinajstić information content (AvgIpc) is 3.17. The van der Waals surface area contributed by atoms with Gasteiger partial charge in [0.25, 0.3) is 0 Å². The Balaban J connectivity index is 0.00000196. The van der Waals surface area contributed by atoms with Crippen LogP contribution < -0.4 is 34.7 Å². The van der Waals surface area contributed by atoms with Crippen molar-refractivity contribution in [2.45, 2.75) is 25.5 Å². The number of carboxylic acid groups (broad SMARTS) is 1. The normalized spacial score (nSPS) is 22.5. The van der Waals surface area contributed by atoms with Crippen molar-refractivity contribution in [3.63, 3.8) is 0 Å². The molecule has 0 saturated carbocycles. The molecular weight excluding hydrogens is 347 g/mol. The van der Waals surface area contributed by atoms with E-state index in [1.807, 2.05) is 30.3 Å². The Bertz CT molecular complexity index is 890. The van der Waals surface area contributed by atoms with Crippen molar-refractivity contribution in [2.24, 2.45) is 5.92 Å². The van der Waals surface area contributed by atoms with Crippen LogP contribution in [0.1, 0.15) is 19.1 Å². The van der Waals surface area contributed by atoms with Gasteiger partial charge in [0.15, 0.2) is 5.76 Å². The Morgan fingerprint density at radius 1 is 1.38 bits per heavy atom. The summed E-state index contributed by atoms with van der Waals surface area (Å²) >= 11 is 0. The minimum atomic E-state index is -1.44. The molecule has 1 N–H and O–H groups in total. The van der Waals surface area contributed by atoms with E-state index in [0.29, 0.717) is 17.0 Å². The van der Waals surface area contributed by atoms with Gasteiger partial charge in [-0.25, -0.2) is 0 Å². The van der Waals surface area contributed by atoms with Crippen molar-refractivity contribution in [2.75, 3.05) is 0 Å². The minimum Gasteiger partial charge on any atom is -0.543 e. The number of benzene rings is 1. The van der Waals surface area contributed by atoms with Crippen LogP contribution in [0.4, 0.5) is 0 Å². The molecule has 1 aromatic carbocycles. The molecule has 0 radical (unpaired) electrons. The van der Waals surface area contributed by atoms with Crippen LogP contribution in [0, 0.1) is 5.92 Å². The van der Waals surface area contributed by atoms with Crippen LogP contribution >= 0.6 is 0 Å². The van der Waals surface area contributed by atoms with Crippen LogP contribution in [0.25, 0.3) is 16.8 Å². The third-order valence-electron chi connectivity index (χ3n) is 4.80. The Morgan fingerprint density at radius 2 is 2.08 bits per heavy atom. The number of carboxylic acids is 1. The summed E-state index contributed by atoms with van der Waals surface area (Å²) in [7, 11) is 0. The van der Waals surface area contributed by atoms with Gasteiger partial charge in [-0.3, -0.25) is 4.79 Å². The summed E-state index contributed by atoms with van der Waals surface area (Å²) in [6.07, 6.45) is -0.556. The van der Waals surface area contributed by atoms with Crippen molar-refractivity contribution in [3.05, 3.63) is 47.9 Å². The Kier molecular flexibility index (Phi) is 5.07. The fourth-order valence-electron chi connectivity index (χ4n) is 3.64. The number of rotatable bonds is 4. The molecule has 2 aliphatic rings. The molecule has 4 rings (SSSR count). The zero-order valence-electron chi connectivity index (χ0n) is 14.4. The molecule has 1 saturated heterocycles. The Labute approximate surface area is 171 Å². The molecule has 3 heterocycles. The van der Waals surface area contributed by atoms with E-state index in [1.165, 1.54) is 11.8 Å². The zero-order valence-corrected chi connectivity index (χ0v) is 16.4. The van der Waals surface area contributed by atoms with Gasteiger partial charge in [-0.15, -0.1) is 0 Å². The Hall–Kier alpha value is -1.93. The molecule has 8 heteroatoms. The van der Waals surface area contributed by atoms with Crippen molar-refractivity contribution < 1.29 is 53.9 Å². The fraction of sp³-hybridized carbons (Fsp3) is 0.278. The van der Waals surface area contributed by atoms with Crippen LogP contribution in [0.2, 0.25) is 0 Å². The minimum absolute atomic E-state index is 0. The maximum Gasteiger partial charge on any atom is 1.00 e. The van der Waals surface area contributed by atoms with Crippen LogP contribution in [0.5, 0.6) is 0 Å². The first kappa shape index (κ1) is 18.8. The van der Waals surface area contributed by atoms with E-state index < -0.39 is 23.9 Å². The maximum atomic E-state index is 12.2. The van der Waals surface area contributed by atoms with E-state index in [0.717, 1.165) is 5.56 Å². The standard InChI is InChI=1S/C18H16N2O5.Na/c1-9(21)15-13-7-11(16(18(23)24)20(13)17(15)22)14-8-12(19-25-14)10-5-3-2-4-6-10;/h2-6,8-9,13,15,21H,7H2,1H3,(H,23,24);/q;+1/p-1/t9-,13-,15-;/m1./s1. The molecule has 0 spiro atoms. The molecule has 1 fully saturated rings. The summed E-state index contributed by atoms with van der Waals surface area (Å²) in [5.74, 6) is -2.16. The van der Waals surface area contributed by atoms with Gasteiger partial charge in [0, 0.05) is 23.6 Å². The van der Waals surface area contributed by atoms with E-state index in [4.69, 9.17) is 4.52 Å². The molecular formula is C18H15N2NaO5. The molecule has 3 atom stereocenters. The van der Waals surface area contributed by atoms with Gasteiger partial charge in [0.2, 0.25) is 5.91 Å². The van der Waals surface area contributed by atoms with Crippen LogP contribution in [-0.2, 0) is 9.59 Å². The number of carbonyl (C=O) groups is 2. The monoisotopic (exact) mass is 362 g/mol. The van der Waals surface area contributed by atoms with E-state index >= 15 is 0 Å². The molecule has 0 aliphatic carbocycles. The average molecular weight is 362 g/mol. The number of aliphatic hydroxyl groups excluding tert-OH is 1. The number of hydrogen-bond acceptors (Lipinski definition) is 6. The number of hydrogen-bond donors (Lipinski definition) is 1. The van der Waals surface area contributed by atoms with Gasteiger partial charge in [-0.05, 0) is 6.92 Å². The predicted molar refractivity (Wildman–Crippen MR) is 84.3 cm³/mol. The number of fused-ring (bicyclic) bond motifs is 1. The second-order valence-corrected chi connectivity index (χ2v) is 6.30. The summed E-state index contributed by atoms with van der Waals surface area (Å²) in [4.78, 5) is 25.0. The van der Waals surface area contributed by atoms with Crippen molar-refractivity contribution >= 4 is 17.4 Å². The number of nitrogens with zero attached hydrogens (tertiary/aromatic N) is 2. The van der Waals surface area contributed by atoms with E-state index in [2.05, 4.69) is 5.16 Å². The molecule has 0 bridgehead atoms. The summed E-state index contributed by atoms with van der Waals surface area (Å²) in [5.41, 5.74) is 1.60. The number of aromatic nitrogens is 1. The molecule has 7 nitrogen and oxygen atoms in total. The van der Waals surface area contributed by atoms with Gasteiger partial charge >= 0.3 is 29.6 Å². The summed E-state index contributed by atoms with van der Waals surface area (Å²) in [5, 5.41) is 25.3. The van der Waals surface area contributed by atoms with Crippen LogP contribution in [0.3, 0.4) is 0 Å². The summed E-state index contributed by atoms with van der Waals surface area (Å²) in [6, 6.07) is 10.6. The van der Waals surface area contributed by atoms with Gasteiger partial charge in [-0.1, -0.05) is 35.5 Å². The topological polar surface area (TPSA) is 107 Å². The van der Waals surface area contributed by atoms with Gasteiger partial charge < -0.3 is 24.4 Å². The van der Waals surface area contributed by atoms with Crippen molar-refractivity contribution in [3.8, 4) is 11.3 Å². The third kappa shape index (κ3) is 2.81. The molecule has 2 aromatic rings. The van der Waals surface area contributed by atoms with Gasteiger partial charge in [0.05, 0.1) is 29.7 Å². The first-order valence-corrected chi connectivity index (χ1v) is 7.97. The number of carbonyl (C=O) groups excluding carboxylic acids is 2. The van der Waals surface area contributed by atoms with E-state index in [-0.39, 0.29) is 47.7 Å². The van der Waals surface area contributed by atoms with Crippen molar-refractivity contribution in [1.29, 1.82) is 0 Å². The molecule has 128 valence electrons. The summed E-state index contributed by atoms with van der Waals surface area (Å²) < 4.78 is 5.34. The Morgan fingerprint density at radius 3 is 2.69 bits per heavy atom. The largest absolute Gasteiger partial charge is 1.00 e. The maximum absolute atomic E-state index is 12.2. The number of aliphatic hydroxyl groups is 1. The fourth-order valence-corrected chi connectivity index (χ4v) is 3.64. The predicted octanol–water partition coefficient (Wildman–Crippen LogP) is -2.58. The first-order valence-electron chi connectivity index (χ1n) is 7.97. The van der Waals surface area contributed by atoms with Crippen molar-refractivity contribution in [1.82, 2.24) is 10.1 Å². The SMILES string of the molecule is C[C@@H](O)[C@H]1C(=O)N2C(C(=O)[O-])=C(c3cc(-c4ccccc4)no3)C[C@H]12.[Na+]. The van der Waals surface area contributed by atoms with Crippen LogP contribution in [-0.4, -0.2) is 39.2 Å². The molecule has 2 aliphatic heterocycles. The number of aliphatic carboxylic acids is 1. The third-order valence-corrected chi connectivity index (χ3v) is 4.80. The number of β-lactam (4-membered cyclic amide) rings is 1. The second kappa shape index (κ2) is 7.00. The summed E-state index contributed by atoms with van der Waals surface area (Å²) in [6.45, 7) is 1.53. The molecule has 26 heavy (non-hydrogen) atoms. The number of amides is 1. The van der Waals surface area contributed by atoms with E-state index in [1.54, 1.807) is 6.07 Å². The zero-order chi connectivity index (χ0) is 17.7. The van der Waals surface area contributed by atoms with Gasteiger partial charge in [0.1, 0.15) is 5.69 Å². The van der Waals surface area contributed by atoms with E-state index in [9.17, 15) is 19.8 Å². The molecule has 0 unspecified atom stereocenters. The smallest absolute Gasteiger partial charge is 0.543 e. The second-order valence-electron chi connectivity index (χ2n) is 6.30. The molecule has 1 aromatic heterocycles. The first-order chi connectivity index (χ1) is 12.0. The molecule has 1 amide bonds. The van der Waals surface area contributed by atoms with Gasteiger partial charge in [-0.2, -0.15) is 0 Å². The van der Waals surface area contributed by atoms with Crippen LogP contribution in [0.15, 0.2) is 46.6 Å².